The molecule has 1 aromatic rings. The Kier molecular flexibility index (Phi) is 6.92. The molecule has 0 aromatic carbocycles. The van der Waals surface area contributed by atoms with Gasteiger partial charge < -0.3 is 19.7 Å². The lowest BCUT2D eigenvalue weighted by Gasteiger charge is -2.60. The maximum absolute atomic E-state index is 6.06. The molecule has 8 heteroatoms. The summed E-state index contributed by atoms with van der Waals surface area (Å²) in [6, 6.07) is 0.410. The third-order valence-electron chi connectivity index (χ3n) is 6.39. The van der Waals surface area contributed by atoms with Gasteiger partial charge >= 0.3 is 0 Å². The number of ether oxygens (including phenoxy) is 2. The van der Waals surface area contributed by atoms with Crippen LogP contribution in [0, 0.1) is 11.3 Å². The van der Waals surface area contributed by atoms with Crippen LogP contribution in [0.4, 0.5) is 0 Å². The highest BCUT2D eigenvalue weighted by molar-refractivity contribution is 14.0. The van der Waals surface area contributed by atoms with E-state index in [2.05, 4.69) is 36.1 Å². The zero-order chi connectivity index (χ0) is 19.0. The second kappa shape index (κ2) is 8.87. The number of hydrogen-bond acceptors (Lipinski definition) is 4. The van der Waals surface area contributed by atoms with E-state index in [4.69, 9.17) is 14.5 Å². The van der Waals surface area contributed by atoms with E-state index < -0.39 is 0 Å². The van der Waals surface area contributed by atoms with Gasteiger partial charge in [0.05, 0.1) is 25.5 Å². The minimum atomic E-state index is 0. The molecule has 0 amide bonds. The number of aryl methyl sites for hydroxylation is 1. The average molecular weight is 503 g/mol. The Hall–Kier alpha value is -0.870. The van der Waals surface area contributed by atoms with Crippen LogP contribution >= 0.6 is 24.0 Å². The second-order valence-electron chi connectivity index (χ2n) is 8.59. The monoisotopic (exact) mass is 503 g/mol. The van der Waals surface area contributed by atoms with Gasteiger partial charge in [0.25, 0.3) is 0 Å². The molecule has 0 radical (unpaired) electrons. The van der Waals surface area contributed by atoms with E-state index in [0.29, 0.717) is 24.7 Å². The summed E-state index contributed by atoms with van der Waals surface area (Å²) in [5.74, 6) is 1.60. The smallest absolute Gasteiger partial charge is 0.194 e. The predicted molar refractivity (Wildman–Crippen MR) is 120 cm³/mol. The molecule has 4 unspecified atom stereocenters. The summed E-state index contributed by atoms with van der Waals surface area (Å²) in [5, 5.41) is 8.10. The predicted octanol–water partition coefficient (Wildman–Crippen LogP) is 2.58. The number of aromatic nitrogens is 2. The average Bonchev–Trinajstić information content (AvgIpc) is 3.11. The lowest BCUT2D eigenvalue weighted by Crippen LogP contribution is -2.71. The number of morpholine rings is 1. The van der Waals surface area contributed by atoms with E-state index in [9.17, 15) is 0 Å². The molecule has 1 aromatic heterocycles. The fourth-order valence-corrected chi connectivity index (χ4v) is 4.99. The van der Waals surface area contributed by atoms with Gasteiger partial charge in [0.15, 0.2) is 5.96 Å². The Morgan fingerprint density at radius 1 is 1.36 bits per heavy atom. The van der Waals surface area contributed by atoms with Crippen molar-refractivity contribution in [2.45, 2.75) is 51.9 Å². The Labute approximate surface area is 185 Å². The van der Waals surface area contributed by atoms with Crippen molar-refractivity contribution < 1.29 is 9.47 Å². The lowest BCUT2D eigenvalue weighted by molar-refractivity contribution is -0.189. The molecule has 4 rings (SSSR count). The first-order valence-electron chi connectivity index (χ1n) is 10.3. The van der Waals surface area contributed by atoms with E-state index in [1.54, 1.807) is 0 Å². The number of halogens is 1. The van der Waals surface area contributed by atoms with E-state index >= 15 is 0 Å². The molecule has 4 atom stereocenters. The van der Waals surface area contributed by atoms with Crippen molar-refractivity contribution in [2.75, 3.05) is 32.8 Å². The first-order chi connectivity index (χ1) is 13.0. The van der Waals surface area contributed by atoms with Gasteiger partial charge in [-0.15, -0.1) is 24.0 Å². The third-order valence-corrected chi connectivity index (χ3v) is 6.39. The maximum Gasteiger partial charge on any atom is 0.194 e. The largest absolute Gasteiger partial charge is 0.377 e. The van der Waals surface area contributed by atoms with Crippen LogP contribution in [0.15, 0.2) is 17.4 Å². The van der Waals surface area contributed by atoms with E-state index in [1.165, 1.54) is 6.42 Å². The van der Waals surface area contributed by atoms with Crippen LogP contribution in [0.1, 0.15) is 45.3 Å². The van der Waals surface area contributed by atoms with Crippen molar-refractivity contribution in [2.24, 2.45) is 23.4 Å². The zero-order valence-electron chi connectivity index (χ0n) is 17.4. The molecular weight excluding hydrogens is 469 g/mol. The molecule has 1 aliphatic carbocycles. The highest BCUT2D eigenvalue weighted by atomic mass is 127. The number of nitrogens with one attached hydrogen (secondary N) is 1. The first-order valence-corrected chi connectivity index (χ1v) is 10.3. The van der Waals surface area contributed by atoms with Crippen molar-refractivity contribution in [1.29, 1.82) is 0 Å². The van der Waals surface area contributed by atoms with Crippen molar-refractivity contribution in [3.05, 3.63) is 18.0 Å². The van der Waals surface area contributed by atoms with Gasteiger partial charge in [-0.25, -0.2) is 0 Å². The Morgan fingerprint density at radius 3 is 2.89 bits per heavy atom. The molecular formula is C20H34IN5O2. The normalized spacial score (nSPS) is 32.1. The molecule has 7 nitrogen and oxygen atoms in total. The number of hydrogen-bond donors (Lipinski definition) is 1. The number of rotatable bonds is 3. The molecule has 0 bridgehead atoms. The van der Waals surface area contributed by atoms with Crippen LogP contribution in [0.5, 0.6) is 0 Å². The number of guanidine groups is 1. The van der Waals surface area contributed by atoms with Gasteiger partial charge in [0.2, 0.25) is 0 Å². The minimum Gasteiger partial charge on any atom is -0.377 e. The number of aliphatic imine (C=N–C) groups is 1. The Bertz CT molecular complexity index is 692. The highest BCUT2D eigenvalue weighted by Gasteiger charge is 2.58. The molecule has 2 aliphatic heterocycles. The standard InChI is InChI=1S/C20H33N5O2.HI/c1-5-21-19(23-17-15-7-6-9-27-18(15)20(17,2)3)25-8-10-26-16(13-25)14-11-22-24(4)12-14;/h11-12,15-18H,5-10,13H2,1-4H3,(H,21,23);1H. The molecule has 1 N–H and O–H groups in total. The third kappa shape index (κ3) is 4.05. The Morgan fingerprint density at radius 2 is 2.18 bits per heavy atom. The van der Waals surface area contributed by atoms with Gasteiger partial charge in [-0.1, -0.05) is 13.8 Å². The van der Waals surface area contributed by atoms with Crippen LogP contribution in [-0.4, -0.2) is 65.6 Å². The summed E-state index contributed by atoms with van der Waals surface area (Å²) >= 11 is 0. The molecule has 3 heterocycles. The first kappa shape index (κ1) is 21.8. The van der Waals surface area contributed by atoms with Crippen LogP contribution in [-0.2, 0) is 16.5 Å². The Balaban J connectivity index is 0.00000225. The van der Waals surface area contributed by atoms with Crippen molar-refractivity contribution in [1.82, 2.24) is 20.0 Å². The van der Waals surface area contributed by atoms with Gasteiger partial charge in [0.1, 0.15) is 6.10 Å². The zero-order valence-corrected chi connectivity index (χ0v) is 19.8. The topological polar surface area (TPSA) is 63.9 Å². The van der Waals surface area contributed by atoms with Crippen LogP contribution in [0.2, 0.25) is 0 Å². The van der Waals surface area contributed by atoms with Gasteiger partial charge in [-0.3, -0.25) is 9.67 Å². The minimum absolute atomic E-state index is 0. The van der Waals surface area contributed by atoms with Crippen molar-refractivity contribution in [3.8, 4) is 0 Å². The van der Waals surface area contributed by atoms with E-state index in [-0.39, 0.29) is 35.5 Å². The molecule has 3 aliphatic rings. The maximum atomic E-state index is 6.06. The van der Waals surface area contributed by atoms with E-state index in [1.807, 2.05) is 24.1 Å². The quantitative estimate of drug-likeness (QED) is 0.391. The molecule has 0 spiro atoms. The molecule has 1 saturated carbocycles. The number of fused-ring (bicyclic) bond motifs is 1. The fraction of sp³-hybridized carbons (Fsp3) is 0.800. The summed E-state index contributed by atoms with van der Waals surface area (Å²) in [4.78, 5) is 7.17. The molecule has 3 fully saturated rings. The molecule has 158 valence electrons. The molecule has 2 saturated heterocycles. The number of nitrogens with zero attached hydrogens (tertiary/aromatic N) is 4. The fourth-order valence-electron chi connectivity index (χ4n) is 4.99. The van der Waals surface area contributed by atoms with E-state index in [0.717, 1.165) is 44.2 Å². The van der Waals surface area contributed by atoms with Gasteiger partial charge in [0, 0.05) is 55.9 Å². The SMILES string of the molecule is CCN=C(NC1C2CCCOC2C1(C)C)N1CCOC(c2cnn(C)c2)C1.I. The highest BCUT2D eigenvalue weighted by Crippen LogP contribution is 2.51. The summed E-state index contributed by atoms with van der Waals surface area (Å²) in [5.41, 5.74) is 1.26. The van der Waals surface area contributed by atoms with Gasteiger partial charge in [-0.05, 0) is 19.8 Å². The van der Waals surface area contributed by atoms with Crippen LogP contribution in [0.3, 0.4) is 0 Å². The summed E-state index contributed by atoms with van der Waals surface area (Å²) in [6.45, 7) is 10.8. The summed E-state index contributed by atoms with van der Waals surface area (Å²) < 4.78 is 13.9. The summed E-state index contributed by atoms with van der Waals surface area (Å²) in [6.07, 6.45) is 6.76. The van der Waals surface area contributed by atoms with Crippen LogP contribution in [0.25, 0.3) is 0 Å². The van der Waals surface area contributed by atoms with Crippen molar-refractivity contribution in [3.63, 3.8) is 0 Å². The summed E-state index contributed by atoms with van der Waals surface area (Å²) in [7, 11) is 1.94. The van der Waals surface area contributed by atoms with Gasteiger partial charge in [-0.2, -0.15) is 5.10 Å². The molecule has 28 heavy (non-hydrogen) atoms. The lowest BCUT2D eigenvalue weighted by atomic mass is 9.55. The second-order valence-corrected chi connectivity index (χ2v) is 8.59. The van der Waals surface area contributed by atoms with Crippen molar-refractivity contribution >= 4 is 29.9 Å². The van der Waals surface area contributed by atoms with Crippen LogP contribution < -0.4 is 5.32 Å².